The van der Waals surface area contributed by atoms with Crippen LogP contribution >= 0.6 is 0 Å². The molecule has 0 atom stereocenters. The molecule has 23 heavy (non-hydrogen) atoms. The van der Waals surface area contributed by atoms with E-state index in [0.29, 0.717) is 18.7 Å². The normalized spacial score (nSPS) is 17.6. The molecule has 1 aromatic carbocycles. The highest BCUT2D eigenvalue weighted by Crippen LogP contribution is 2.22. The third-order valence-electron chi connectivity index (χ3n) is 4.44. The van der Waals surface area contributed by atoms with E-state index in [0.717, 1.165) is 30.4 Å². The summed E-state index contributed by atoms with van der Waals surface area (Å²) in [6, 6.07) is 6.71. The highest BCUT2D eigenvalue weighted by Gasteiger charge is 2.26. The molecular weight excluding hydrogens is 312 g/mol. The van der Waals surface area contributed by atoms with Gasteiger partial charge in [-0.1, -0.05) is 32.4 Å². The Balaban J connectivity index is 2.37. The SMILES string of the molecule is CCN(CC)S(=O)(=O)c1ccccc1C=[N+]([O-])C1CCCCC1. The van der Waals surface area contributed by atoms with Gasteiger partial charge in [0.15, 0.2) is 12.3 Å². The van der Waals surface area contributed by atoms with Gasteiger partial charge in [-0.05, 0) is 25.0 Å². The molecule has 0 heterocycles. The Morgan fingerprint density at radius 2 is 1.78 bits per heavy atom. The zero-order valence-electron chi connectivity index (χ0n) is 13.9. The minimum atomic E-state index is -3.57. The van der Waals surface area contributed by atoms with Crippen LogP contribution in [0.3, 0.4) is 0 Å². The van der Waals surface area contributed by atoms with Gasteiger partial charge in [0, 0.05) is 25.9 Å². The van der Waals surface area contributed by atoms with Crippen molar-refractivity contribution in [2.45, 2.75) is 56.9 Å². The van der Waals surface area contributed by atoms with Gasteiger partial charge in [-0.2, -0.15) is 4.31 Å². The third-order valence-corrected chi connectivity index (χ3v) is 6.57. The molecule has 6 heteroatoms. The lowest BCUT2D eigenvalue weighted by Crippen LogP contribution is -2.32. The van der Waals surface area contributed by atoms with Crippen molar-refractivity contribution in [3.05, 3.63) is 35.0 Å². The van der Waals surface area contributed by atoms with Gasteiger partial charge in [-0.3, -0.25) is 0 Å². The van der Waals surface area contributed by atoms with Crippen molar-refractivity contribution >= 4 is 16.2 Å². The van der Waals surface area contributed by atoms with Gasteiger partial charge < -0.3 is 5.21 Å². The largest absolute Gasteiger partial charge is 0.624 e. The van der Waals surface area contributed by atoms with Gasteiger partial charge in [0.1, 0.15) is 0 Å². The van der Waals surface area contributed by atoms with Crippen LogP contribution < -0.4 is 0 Å². The average molecular weight is 338 g/mol. The van der Waals surface area contributed by atoms with Crippen molar-refractivity contribution in [1.29, 1.82) is 0 Å². The van der Waals surface area contributed by atoms with Crippen LogP contribution in [0.15, 0.2) is 29.2 Å². The molecular formula is C17H26N2O3S. The van der Waals surface area contributed by atoms with Gasteiger partial charge in [0.2, 0.25) is 10.0 Å². The fourth-order valence-electron chi connectivity index (χ4n) is 3.10. The van der Waals surface area contributed by atoms with E-state index in [9.17, 15) is 13.6 Å². The fraction of sp³-hybridized carbons (Fsp3) is 0.588. The van der Waals surface area contributed by atoms with E-state index in [1.165, 1.54) is 16.9 Å². The Labute approximate surface area is 139 Å². The van der Waals surface area contributed by atoms with Crippen LogP contribution in [0.25, 0.3) is 0 Å². The highest BCUT2D eigenvalue weighted by molar-refractivity contribution is 7.89. The second-order valence-electron chi connectivity index (χ2n) is 5.91. The average Bonchev–Trinajstić information content (AvgIpc) is 2.57. The maximum Gasteiger partial charge on any atom is 0.243 e. The van der Waals surface area contributed by atoms with Crippen LogP contribution in [0.1, 0.15) is 51.5 Å². The van der Waals surface area contributed by atoms with Gasteiger partial charge in [0.25, 0.3) is 0 Å². The summed E-state index contributed by atoms with van der Waals surface area (Å²) in [5.74, 6) is 0. The molecule has 1 fully saturated rings. The van der Waals surface area contributed by atoms with Crippen molar-refractivity contribution in [2.24, 2.45) is 0 Å². The number of benzene rings is 1. The van der Waals surface area contributed by atoms with Gasteiger partial charge >= 0.3 is 0 Å². The Morgan fingerprint density at radius 1 is 1.17 bits per heavy atom. The Hall–Kier alpha value is -1.40. The van der Waals surface area contributed by atoms with Crippen molar-refractivity contribution in [1.82, 2.24) is 4.31 Å². The lowest BCUT2D eigenvalue weighted by Gasteiger charge is -2.22. The number of nitrogens with zero attached hydrogens (tertiary/aromatic N) is 2. The number of sulfonamides is 1. The van der Waals surface area contributed by atoms with Gasteiger partial charge in [-0.15, -0.1) is 0 Å². The summed E-state index contributed by atoms with van der Waals surface area (Å²) in [4.78, 5) is 0.209. The molecule has 1 aromatic rings. The lowest BCUT2D eigenvalue weighted by atomic mass is 9.96. The number of hydroxylamine groups is 1. The molecule has 0 N–H and O–H groups in total. The number of rotatable bonds is 6. The zero-order valence-corrected chi connectivity index (χ0v) is 14.8. The minimum absolute atomic E-state index is 0.0343. The van der Waals surface area contributed by atoms with E-state index in [-0.39, 0.29) is 10.9 Å². The molecule has 0 unspecified atom stereocenters. The predicted molar refractivity (Wildman–Crippen MR) is 92.2 cm³/mol. The standard InChI is InChI=1S/C17H26N2O3S/c1-3-18(4-2)23(21,22)17-13-9-8-10-15(17)14-19(20)16-11-6-5-7-12-16/h8-10,13-14,16H,3-7,11-12H2,1-2H3. The first-order valence-corrected chi connectivity index (χ1v) is 9.84. The molecule has 0 aliphatic heterocycles. The molecule has 0 bridgehead atoms. The summed E-state index contributed by atoms with van der Waals surface area (Å²) in [6.07, 6.45) is 6.52. The molecule has 5 nitrogen and oxygen atoms in total. The molecule has 1 aliphatic rings. The zero-order chi connectivity index (χ0) is 16.9. The number of hydrogen-bond acceptors (Lipinski definition) is 3. The smallest absolute Gasteiger partial charge is 0.243 e. The van der Waals surface area contributed by atoms with Crippen molar-refractivity contribution in [3.8, 4) is 0 Å². The topological polar surface area (TPSA) is 63.5 Å². The first-order valence-electron chi connectivity index (χ1n) is 8.40. The van der Waals surface area contributed by atoms with Crippen LogP contribution in [-0.2, 0) is 10.0 Å². The second-order valence-corrected chi connectivity index (χ2v) is 7.81. The predicted octanol–water partition coefficient (Wildman–Crippen LogP) is 2.98. The number of hydrogen-bond donors (Lipinski definition) is 0. The van der Waals surface area contributed by atoms with Gasteiger partial charge in [-0.25, -0.2) is 13.2 Å². The van der Waals surface area contributed by atoms with E-state index in [1.807, 2.05) is 13.8 Å². The maximum atomic E-state index is 12.8. The molecule has 2 rings (SSSR count). The van der Waals surface area contributed by atoms with Crippen LogP contribution in [0.5, 0.6) is 0 Å². The Morgan fingerprint density at radius 3 is 2.39 bits per heavy atom. The highest BCUT2D eigenvalue weighted by atomic mass is 32.2. The molecule has 0 saturated heterocycles. The molecule has 0 amide bonds. The van der Waals surface area contributed by atoms with E-state index in [2.05, 4.69) is 0 Å². The van der Waals surface area contributed by atoms with E-state index < -0.39 is 10.0 Å². The lowest BCUT2D eigenvalue weighted by molar-refractivity contribution is -0.500. The maximum absolute atomic E-state index is 12.8. The third kappa shape index (κ3) is 4.12. The fourth-order valence-corrected chi connectivity index (χ4v) is 4.73. The van der Waals surface area contributed by atoms with E-state index >= 15 is 0 Å². The molecule has 128 valence electrons. The summed E-state index contributed by atoms with van der Waals surface area (Å²) >= 11 is 0. The second kappa shape index (κ2) is 7.93. The molecule has 1 saturated carbocycles. The molecule has 0 aromatic heterocycles. The molecule has 0 spiro atoms. The van der Waals surface area contributed by atoms with Crippen LogP contribution in [-0.4, -0.2) is 42.8 Å². The molecule has 1 aliphatic carbocycles. The van der Waals surface area contributed by atoms with Crippen LogP contribution in [0.4, 0.5) is 0 Å². The monoisotopic (exact) mass is 338 g/mol. The summed E-state index contributed by atoms with van der Waals surface area (Å²) in [5.41, 5.74) is 0.472. The van der Waals surface area contributed by atoms with Crippen molar-refractivity contribution in [2.75, 3.05) is 13.1 Å². The Kier molecular flexibility index (Phi) is 6.18. The minimum Gasteiger partial charge on any atom is -0.624 e. The first kappa shape index (κ1) is 17.9. The Bertz CT molecular complexity index is 646. The first-order chi connectivity index (χ1) is 11.0. The summed E-state index contributed by atoms with van der Waals surface area (Å²) in [6.45, 7) is 4.46. The quantitative estimate of drug-likeness (QED) is 0.347. The molecule has 0 radical (unpaired) electrons. The van der Waals surface area contributed by atoms with Crippen LogP contribution in [0.2, 0.25) is 0 Å². The van der Waals surface area contributed by atoms with Gasteiger partial charge in [0.05, 0.1) is 10.5 Å². The summed E-state index contributed by atoms with van der Waals surface area (Å²) in [5, 5.41) is 12.4. The summed E-state index contributed by atoms with van der Waals surface area (Å²) in [7, 11) is -3.57. The van der Waals surface area contributed by atoms with Crippen LogP contribution in [0, 0.1) is 5.21 Å². The van der Waals surface area contributed by atoms with E-state index in [4.69, 9.17) is 0 Å². The van der Waals surface area contributed by atoms with E-state index in [1.54, 1.807) is 24.3 Å². The van der Waals surface area contributed by atoms with Crippen molar-refractivity contribution < 1.29 is 13.2 Å². The van der Waals surface area contributed by atoms with Crippen molar-refractivity contribution in [3.63, 3.8) is 0 Å². The summed E-state index contributed by atoms with van der Waals surface area (Å²) < 4.78 is 27.9.